The first-order valence-electron chi connectivity index (χ1n) is 9.15. The van der Waals surface area contributed by atoms with E-state index in [2.05, 4.69) is 20.9 Å². The van der Waals surface area contributed by atoms with Gasteiger partial charge in [-0.25, -0.2) is 4.98 Å². The maximum absolute atomic E-state index is 13.5. The maximum atomic E-state index is 13.5. The zero-order valence-electron chi connectivity index (χ0n) is 16.2. The number of nitrogens with zero attached hydrogens (tertiary/aromatic N) is 2. The Labute approximate surface area is 171 Å². The molecule has 28 heavy (non-hydrogen) atoms. The molecule has 0 radical (unpaired) electrons. The molecule has 3 rings (SSSR count). The lowest BCUT2D eigenvalue weighted by atomic mass is 9.92. The molecule has 0 fully saturated rings. The van der Waals surface area contributed by atoms with Crippen LogP contribution in [0.25, 0.3) is 17.1 Å². The lowest BCUT2D eigenvalue weighted by Crippen LogP contribution is -2.08. The smallest absolute Gasteiger partial charge is 0.299 e. The van der Waals surface area contributed by atoms with Crippen LogP contribution < -0.4 is 0 Å². The Morgan fingerprint density at radius 3 is 2.00 bits per heavy atom. The Morgan fingerprint density at radius 1 is 0.929 bits per heavy atom. The van der Waals surface area contributed by atoms with E-state index in [0.717, 1.165) is 27.5 Å². The summed E-state index contributed by atoms with van der Waals surface area (Å²) >= 11 is 3.40. The summed E-state index contributed by atoms with van der Waals surface area (Å²) in [5.41, 5.74) is 2.50. The summed E-state index contributed by atoms with van der Waals surface area (Å²) in [6, 6.07) is 13.1. The number of halogens is 4. The standard InChI is InChI=1S/C22H22BrF3N2/c1-13(2)17-9-6-10-18(14(3)4)20(17)28-12-19(22(24,25)26)27-21(28)15-7-5-8-16(23)11-15/h5-14H,1-4H3. The number of hydrogen-bond donors (Lipinski definition) is 0. The molecule has 6 heteroatoms. The van der Waals surface area contributed by atoms with Crippen LogP contribution in [0.3, 0.4) is 0 Å². The zero-order chi connectivity index (χ0) is 20.6. The van der Waals surface area contributed by atoms with Crippen LogP contribution in [-0.2, 0) is 6.18 Å². The molecular weight excluding hydrogens is 429 g/mol. The van der Waals surface area contributed by atoms with Crippen LogP contribution in [0.15, 0.2) is 53.1 Å². The number of hydrogen-bond acceptors (Lipinski definition) is 1. The summed E-state index contributed by atoms with van der Waals surface area (Å²) in [4.78, 5) is 3.99. The van der Waals surface area contributed by atoms with Gasteiger partial charge in [0.15, 0.2) is 5.69 Å². The highest BCUT2D eigenvalue weighted by molar-refractivity contribution is 9.10. The average Bonchev–Trinajstić information content (AvgIpc) is 3.06. The van der Waals surface area contributed by atoms with Crippen molar-refractivity contribution >= 4 is 15.9 Å². The minimum absolute atomic E-state index is 0.154. The van der Waals surface area contributed by atoms with Crippen LogP contribution >= 0.6 is 15.9 Å². The fourth-order valence-corrected chi connectivity index (χ4v) is 3.71. The average molecular weight is 451 g/mol. The fraction of sp³-hybridized carbons (Fsp3) is 0.318. The van der Waals surface area contributed by atoms with Gasteiger partial charge >= 0.3 is 6.18 Å². The van der Waals surface area contributed by atoms with Crippen LogP contribution in [0.2, 0.25) is 0 Å². The molecule has 0 saturated heterocycles. The summed E-state index contributed by atoms with van der Waals surface area (Å²) in [6.07, 6.45) is -3.40. The molecule has 2 nitrogen and oxygen atoms in total. The van der Waals surface area contributed by atoms with Crippen LogP contribution in [-0.4, -0.2) is 9.55 Å². The lowest BCUT2D eigenvalue weighted by molar-refractivity contribution is -0.140. The van der Waals surface area contributed by atoms with Crippen molar-refractivity contribution in [2.45, 2.75) is 45.7 Å². The first-order chi connectivity index (χ1) is 13.1. The summed E-state index contributed by atoms with van der Waals surface area (Å²) in [5.74, 6) is 0.588. The number of rotatable bonds is 4. The van der Waals surface area contributed by atoms with E-state index in [1.807, 2.05) is 52.0 Å². The third kappa shape index (κ3) is 4.02. The molecule has 0 saturated carbocycles. The second-order valence-corrected chi connectivity index (χ2v) is 8.34. The molecule has 1 heterocycles. The Bertz CT molecular complexity index is 961. The molecule has 0 aliphatic heterocycles. The van der Waals surface area contributed by atoms with Crippen LogP contribution in [0.5, 0.6) is 0 Å². The van der Waals surface area contributed by atoms with Crippen LogP contribution in [0.4, 0.5) is 13.2 Å². The number of benzene rings is 2. The van der Waals surface area contributed by atoms with Gasteiger partial charge in [0.05, 0.1) is 5.69 Å². The monoisotopic (exact) mass is 450 g/mol. The van der Waals surface area contributed by atoms with Gasteiger partial charge in [-0.15, -0.1) is 0 Å². The van der Waals surface area contributed by atoms with Crippen molar-refractivity contribution in [2.75, 3.05) is 0 Å². The second kappa shape index (κ2) is 7.74. The molecule has 0 amide bonds. The van der Waals surface area contributed by atoms with Gasteiger partial charge in [-0.2, -0.15) is 13.2 Å². The molecule has 1 aromatic heterocycles. The molecule has 0 aliphatic carbocycles. The Hall–Kier alpha value is -2.08. The van der Waals surface area contributed by atoms with Gasteiger partial charge in [0, 0.05) is 16.2 Å². The quantitative estimate of drug-likeness (QED) is 0.400. The fourth-order valence-electron chi connectivity index (χ4n) is 3.31. The molecular formula is C22H22BrF3N2. The summed E-state index contributed by atoms with van der Waals surface area (Å²) in [6.45, 7) is 8.18. The normalized spacial score (nSPS) is 12.2. The largest absolute Gasteiger partial charge is 0.434 e. The predicted molar refractivity (Wildman–Crippen MR) is 110 cm³/mol. The highest BCUT2D eigenvalue weighted by Gasteiger charge is 2.35. The number of aromatic nitrogens is 2. The van der Waals surface area contributed by atoms with Gasteiger partial charge in [0.2, 0.25) is 0 Å². The lowest BCUT2D eigenvalue weighted by Gasteiger charge is -2.21. The van der Waals surface area contributed by atoms with Gasteiger partial charge in [0.1, 0.15) is 5.82 Å². The van der Waals surface area contributed by atoms with Gasteiger partial charge in [-0.3, -0.25) is 4.57 Å². The molecule has 2 aromatic carbocycles. The molecule has 0 spiro atoms. The van der Waals surface area contributed by atoms with E-state index in [1.165, 1.54) is 0 Å². The van der Waals surface area contributed by atoms with E-state index >= 15 is 0 Å². The Kier molecular flexibility index (Phi) is 5.71. The van der Waals surface area contributed by atoms with E-state index in [1.54, 1.807) is 22.8 Å². The molecule has 3 aromatic rings. The van der Waals surface area contributed by atoms with E-state index in [0.29, 0.717) is 5.56 Å². The zero-order valence-corrected chi connectivity index (χ0v) is 17.8. The van der Waals surface area contributed by atoms with Gasteiger partial charge in [-0.1, -0.05) is 74.0 Å². The molecule has 148 valence electrons. The second-order valence-electron chi connectivity index (χ2n) is 7.42. The van der Waals surface area contributed by atoms with Crippen LogP contribution in [0, 0.1) is 0 Å². The topological polar surface area (TPSA) is 17.8 Å². The van der Waals surface area contributed by atoms with Crippen molar-refractivity contribution in [1.82, 2.24) is 9.55 Å². The highest BCUT2D eigenvalue weighted by Crippen LogP contribution is 2.37. The third-order valence-electron chi connectivity index (χ3n) is 4.66. The number of imidazole rings is 1. The Morgan fingerprint density at radius 2 is 1.50 bits per heavy atom. The molecule has 0 N–H and O–H groups in total. The predicted octanol–water partition coefficient (Wildman–Crippen LogP) is 7.57. The van der Waals surface area contributed by atoms with Gasteiger partial charge < -0.3 is 0 Å². The number of para-hydroxylation sites is 1. The van der Waals surface area contributed by atoms with Gasteiger partial charge in [-0.05, 0) is 35.1 Å². The minimum atomic E-state index is -4.52. The van der Waals surface area contributed by atoms with Crippen molar-refractivity contribution in [3.05, 3.63) is 70.0 Å². The maximum Gasteiger partial charge on any atom is 0.434 e. The van der Waals surface area contributed by atoms with Crippen molar-refractivity contribution in [1.29, 1.82) is 0 Å². The highest BCUT2D eigenvalue weighted by atomic mass is 79.9. The summed E-state index contributed by atoms with van der Waals surface area (Å²) in [7, 11) is 0. The molecule has 0 aliphatic rings. The first kappa shape index (κ1) is 20.6. The summed E-state index contributed by atoms with van der Waals surface area (Å²) in [5, 5.41) is 0. The SMILES string of the molecule is CC(C)c1cccc(C(C)C)c1-n1cc(C(F)(F)F)nc1-c1cccc(Br)c1. The molecule has 0 atom stereocenters. The van der Waals surface area contributed by atoms with Crippen molar-refractivity contribution < 1.29 is 13.2 Å². The first-order valence-corrected chi connectivity index (χ1v) is 9.94. The van der Waals surface area contributed by atoms with E-state index in [4.69, 9.17) is 0 Å². The van der Waals surface area contributed by atoms with E-state index in [-0.39, 0.29) is 17.7 Å². The van der Waals surface area contributed by atoms with Crippen molar-refractivity contribution in [3.8, 4) is 17.1 Å². The minimum Gasteiger partial charge on any atom is -0.299 e. The summed E-state index contributed by atoms with van der Waals surface area (Å²) < 4.78 is 43.0. The van der Waals surface area contributed by atoms with Gasteiger partial charge in [0.25, 0.3) is 0 Å². The molecule has 0 unspecified atom stereocenters. The molecule has 0 bridgehead atoms. The number of alkyl halides is 3. The third-order valence-corrected chi connectivity index (χ3v) is 5.16. The van der Waals surface area contributed by atoms with E-state index in [9.17, 15) is 13.2 Å². The van der Waals surface area contributed by atoms with Crippen molar-refractivity contribution in [2.24, 2.45) is 0 Å². The van der Waals surface area contributed by atoms with E-state index < -0.39 is 11.9 Å². The van der Waals surface area contributed by atoms with Crippen LogP contribution in [0.1, 0.15) is 56.4 Å². The van der Waals surface area contributed by atoms with Crippen molar-refractivity contribution in [3.63, 3.8) is 0 Å². The Balaban J connectivity index is 2.38.